The topological polar surface area (TPSA) is 96.8 Å². The van der Waals surface area contributed by atoms with Gasteiger partial charge in [0.2, 0.25) is 0 Å². The van der Waals surface area contributed by atoms with Crippen molar-refractivity contribution in [3.8, 4) is 11.1 Å². The zero-order valence-electron chi connectivity index (χ0n) is 29.2. The van der Waals surface area contributed by atoms with Crippen molar-refractivity contribution in [2.75, 3.05) is 13.1 Å². The van der Waals surface area contributed by atoms with Crippen molar-refractivity contribution in [3.05, 3.63) is 144 Å². The quantitative estimate of drug-likeness (QED) is 0.129. The summed E-state index contributed by atoms with van der Waals surface area (Å²) in [6.45, 7) is 8.28. The molecule has 1 aliphatic heterocycles. The van der Waals surface area contributed by atoms with E-state index in [1.165, 1.54) is 31.9 Å². The van der Waals surface area contributed by atoms with E-state index in [9.17, 15) is 9.90 Å². The first-order chi connectivity index (χ1) is 25.0. The van der Waals surface area contributed by atoms with Gasteiger partial charge in [-0.1, -0.05) is 111 Å². The van der Waals surface area contributed by atoms with E-state index in [0.717, 1.165) is 52.0 Å². The molecule has 7 rings (SSSR count). The minimum Gasteiger partial charge on any atom is -0.392 e. The van der Waals surface area contributed by atoms with Gasteiger partial charge in [0.15, 0.2) is 6.29 Å². The first-order valence-corrected chi connectivity index (χ1v) is 18.0. The third kappa shape index (κ3) is 7.95. The van der Waals surface area contributed by atoms with Gasteiger partial charge in [0, 0.05) is 37.2 Å². The molecule has 2 aliphatic rings. The SMILES string of the molecule is C=CCN(C[C@H]1O[C@@H](c2ccc(-c3ccccc3CNC(=O)c3cnc4ccccc4n3)cc2)O[C@@H](c2ccc(CO)cc2)[C@H]1C)C1CCCC1. The molecule has 0 bridgehead atoms. The molecule has 51 heavy (non-hydrogen) atoms. The molecule has 5 aromatic rings. The van der Waals surface area contributed by atoms with Gasteiger partial charge in [0.25, 0.3) is 5.91 Å². The van der Waals surface area contributed by atoms with E-state index in [1.807, 2.05) is 60.7 Å². The number of fused-ring (bicyclic) bond motifs is 1. The van der Waals surface area contributed by atoms with Gasteiger partial charge in [-0.25, -0.2) is 4.98 Å². The highest BCUT2D eigenvalue weighted by Crippen LogP contribution is 2.42. The van der Waals surface area contributed by atoms with E-state index < -0.39 is 6.29 Å². The van der Waals surface area contributed by atoms with Gasteiger partial charge in [-0.2, -0.15) is 0 Å². The Morgan fingerprint density at radius 2 is 1.63 bits per heavy atom. The number of carbonyl (C=O) groups excluding carboxylic acids is 1. The molecule has 1 saturated carbocycles. The van der Waals surface area contributed by atoms with Crippen LogP contribution in [0.4, 0.5) is 0 Å². The molecule has 0 radical (unpaired) electrons. The second-order valence-electron chi connectivity index (χ2n) is 13.7. The fourth-order valence-corrected chi connectivity index (χ4v) is 7.48. The Morgan fingerprint density at radius 3 is 2.37 bits per heavy atom. The van der Waals surface area contributed by atoms with Crippen LogP contribution in [0.5, 0.6) is 0 Å². The van der Waals surface area contributed by atoms with E-state index in [0.29, 0.717) is 18.1 Å². The maximum absolute atomic E-state index is 13.1. The molecule has 1 saturated heterocycles. The monoisotopic (exact) mass is 682 g/mol. The Kier molecular flexibility index (Phi) is 10.9. The van der Waals surface area contributed by atoms with Crippen molar-refractivity contribution < 1.29 is 19.4 Å². The van der Waals surface area contributed by atoms with Gasteiger partial charge in [-0.15, -0.1) is 6.58 Å². The number of hydrogen-bond donors (Lipinski definition) is 2. The Bertz CT molecular complexity index is 1940. The highest BCUT2D eigenvalue weighted by Gasteiger charge is 2.40. The third-order valence-electron chi connectivity index (χ3n) is 10.4. The summed E-state index contributed by atoms with van der Waals surface area (Å²) in [5.74, 6) is -0.161. The summed E-state index contributed by atoms with van der Waals surface area (Å²) in [5, 5.41) is 12.7. The number of benzene rings is 4. The number of amides is 1. The van der Waals surface area contributed by atoms with Crippen LogP contribution in [-0.2, 0) is 22.6 Å². The Labute approximate surface area is 300 Å². The summed E-state index contributed by atoms with van der Waals surface area (Å²) >= 11 is 0. The molecule has 2 heterocycles. The number of nitrogens with one attached hydrogen (secondary N) is 1. The number of aromatic nitrogens is 2. The minimum atomic E-state index is -0.547. The van der Waals surface area contributed by atoms with E-state index >= 15 is 0 Å². The van der Waals surface area contributed by atoms with Crippen LogP contribution in [0.25, 0.3) is 22.2 Å². The summed E-state index contributed by atoms with van der Waals surface area (Å²) in [7, 11) is 0. The van der Waals surface area contributed by atoms with Crippen LogP contribution in [-0.4, -0.2) is 51.1 Å². The van der Waals surface area contributed by atoms with Gasteiger partial charge in [0.1, 0.15) is 5.69 Å². The van der Waals surface area contributed by atoms with Crippen LogP contribution >= 0.6 is 0 Å². The fraction of sp³-hybridized carbons (Fsp3) is 0.326. The minimum absolute atomic E-state index is 0.00854. The lowest BCUT2D eigenvalue weighted by Crippen LogP contribution is -2.47. The lowest BCUT2D eigenvalue weighted by Gasteiger charge is -2.43. The van der Waals surface area contributed by atoms with Crippen LogP contribution in [0.2, 0.25) is 0 Å². The van der Waals surface area contributed by atoms with Gasteiger partial charge >= 0.3 is 0 Å². The molecule has 262 valence electrons. The van der Waals surface area contributed by atoms with Crippen molar-refractivity contribution in [2.45, 2.75) is 70.3 Å². The van der Waals surface area contributed by atoms with Gasteiger partial charge in [0.05, 0.1) is 36.0 Å². The molecular formula is C43H46N4O4. The van der Waals surface area contributed by atoms with Crippen molar-refractivity contribution in [1.82, 2.24) is 20.2 Å². The molecule has 8 heteroatoms. The van der Waals surface area contributed by atoms with Crippen molar-refractivity contribution in [2.24, 2.45) is 5.92 Å². The summed E-state index contributed by atoms with van der Waals surface area (Å²) in [5.41, 5.74) is 7.69. The van der Waals surface area contributed by atoms with Crippen LogP contribution in [0.1, 0.15) is 77.7 Å². The first-order valence-electron chi connectivity index (χ1n) is 18.0. The van der Waals surface area contributed by atoms with Crippen LogP contribution in [0, 0.1) is 5.92 Å². The number of carbonyl (C=O) groups is 1. The van der Waals surface area contributed by atoms with Crippen LogP contribution in [0.3, 0.4) is 0 Å². The number of rotatable bonds is 12. The Hall–Kier alpha value is -4.73. The average Bonchev–Trinajstić information content (AvgIpc) is 3.73. The van der Waals surface area contributed by atoms with Crippen molar-refractivity contribution >= 4 is 16.9 Å². The number of aliphatic hydroxyl groups is 1. The molecule has 2 N–H and O–H groups in total. The zero-order valence-corrected chi connectivity index (χ0v) is 29.2. The molecule has 2 fully saturated rings. The molecule has 0 spiro atoms. The highest BCUT2D eigenvalue weighted by molar-refractivity contribution is 5.93. The molecule has 4 atom stereocenters. The summed E-state index contributed by atoms with van der Waals surface area (Å²) in [6, 6.07) is 32.6. The largest absolute Gasteiger partial charge is 0.392 e. The summed E-state index contributed by atoms with van der Waals surface area (Å²) < 4.78 is 13.6. The maximum Gasteiger partial charge on any atom is 0.271 e. The molecule has 4 aromatic carbocycles. The standard InChI is InChI=1S/C43H46N4O4/c1-3-24-47(35-11-5-6-12-35)27-40-29(2)41(32-18-16-30(28-48)17-19-32)51-43(50-40)33-22-20-31(21-23-33)36-13-7-4-10-34(36)25-45-42(49)39-26-44-37-14-8-9-15-38(37)46-39/h3-4,7-10,13-23,26,29,35,40-41,43,48H,1,5-6,11-12,24-25,27-28H2,2H3,(H,45,49)/t29-,40+,41+,43+/m0/s1. The summed E-state index contributed by atoms with van der Waals surface area (Å²) in [4.78, 5) is 24.5. The molecule has 8 nitrogen and oxygen atoms in total. The molecule has 0 unspecified atom stereocenters. The molecule has 1 aromatic heterocycles. The van der Waals surface area contributed by atoms with Gasteiger partial charge < -0.3 is 19.9 Å². The maximum atomic E-state index is 13.1. The smallest absolute Gasteiger partial charge is 0.271 e. The van der Waals surface area contributed by atoms with Crippen molar-refractivity contribution in [1.29, 1.82) is 0 Å². The Morgan fingerprint density at radius 1 is 0.922 bits per heavy atom. The first kappa shape index (κ1) is 34.7. The van der Waals surface area contributed by atoms with E-state index in [-0.39, 0.29) is 36.3 Å². The number of para-hydroxylation sites is 2. The Balaban J connectivity index is 1.10. The molecular weight excluding hydrogens is 636 g/mol. The van der Waals surface area contributed by atoms with Crippen molar-refractivity contribution in [3.63, 3.8) is 0 Å². The number of hydrogen-bond acceptors (Lipinski definition) is 7. The lowest BCUT2D eigenvalue weighted by atomic mass is 9.89. The van der Waals surface area contributed by atoms with Crippen LogP contribution < -0.4 is 5.32 Å². The third-order valence-corrected chi connectivity index (χ3v) is 10.4. The molecule has 1 amide bonds. The zero-order chi connectivity index (χ0) is 35.2. The highest BCUT2D eigenvalue weighted by atomic mass is 16.7. The number of ether oxygens (including phenoxy) is 2. The fourth-order valence-electron chi connectivity index (χ4n) is 7.48. The number of aliphatic hydroxyl groups excluding tert-OH is 1. The molecule has 1 aliphatic carbocycles. The predicted molar refractivity (Wildman–Crippen MR) is 200 cm³/mol. The predicted octanol–water partition coefficient (Wildman–Crippen LogP) is 7.94. The van der Waals surface area contributed by atoms with E-state index in [4.69, 9.17) is 9.47 Å². The summed E-state index contributed by atoms with van der Waals surface area (Å²) in [6.07, 6.45) is 7.71. The van der Waals surface area contributed by atoms with E-state index in [2.05, 4.69) is 76.2 Å². The average molecular weight is 683 g/mol. The number of nitrogens with zero attached hydrogens (tertiary/aromatic N) is 3. The van der Waals surface area contributed by atoms with E-state index in [1.54, 1.807) is 0 Å². The van der Waals surface area contributed by atoms with Gasteiger partial charge in [-0.05, 0) is 52.8 Å². The van der Waals surface area contributed by atoms with Gasteiger partial charge in [-0.3, -0.25) is 14.7 Å². The normalized spacial score (nSPS) is 20.8. The second kappa shape index (κ2) is 16.1. The lowest BCUT2D eigenvalue weighted by molar-refractivity contribution is -0.276. The second-order valence-corrected chi connectivity index (χ2v) is 13.7. The van der Waals surface area contributed by atoms with Crippen LogP contribution in [0.15, 0.2) is 116 Å².